The molecule has 2 aromatic rings. The summed E-state index contributed by atoms with van der Waals surface area (Å²) in [6, 6.07) is 14.4. The summed E-state index contributed by atoms with van der Waals surface area (Å²) in [4.78, 5) is 15.3. The van der Waals surface area contributed by atoms with Gasteiger partial charge in [0.1, 0.15) is 0 Å². The number of hydrogen-bond donors (Lipinski definition) is 1. The smallest absolute Gasteiger partial charge is 0.270 e. The number of rotatable bonds is 3. The van der Waals surface area contributed by atoms with Crippen LogP contribution in [0.3, 0.4) is 0 Å². The van der Waals surface area contributed by atoms with Gasteiger partial charge in [-0.25, -0.2) is 0 Å². The molecule has 1 N–H and O–H groups in total. The lowest BCUT2D eigenvalue weighted by molar-refractivity contribution is -0.384. The highest BCUT2D eigenvalue weighted by Gasteiger charge is 2.21. The fraction of sp³-hybridized carbons (Fsp3) is 0.188. The highest BCUT2D eigenvalue weighted by Crippen LogP contribution is 2.28. The van der Waals surface area contributed by atoms with Gasteiger partial charge in [-0.05, 0) is 6.07 Å². The van der Waals surface area contributed by atoms with Crippen LogP contribution in [0.5, 0.6) is 0 Å². The number of alkyl halides is 1. The topological polar surface area (TPSA) is 67.5 Å². The van der Waals surface area contributed by atoms with Crippen LogP contribution in [0.15, 0.2) is 53.5 Å². The second-order valence-corrected chi connectivity index (χ2v) is 5.35. The number of anilines is 1. The van der Waals surface area contributed by atoms with Crippen molar-refractivity contribution in [3.8, 4) is 0 Å². The third-order valence-electron chi connectivity index (χ3n) is 3.53. The van der Waals surface area contributed by atoms with Gasteiger partial charge in [-0.2, -0.15) is 0 Å². The summed E-state index contributed by atoms with van der Waals surface area (Å²) < 4.78 is 0. The van der Waals surface area contributed by atoms with E-state index in [-0.39, 0.29) is 11.7 Å². The van der Waals surface area contributed by atoms with Crippen molar-refractivity contribution in [2.24, 2.45) is 4.99 Å². The van der Waals surface area contributed by atoms with Crippen LogP contribution in [0.4, 0.5) is 11.4 Å². The van der Waals surface area contributed by atoms with E-state index in [1.54, 1.807) is 12.1 Å². The summed E-state index contributed by atoms with van der Waals surface area (Å²) in [5, 5.41) is 14.4. The average molecular weight is 316 g/mol. The molecule has 0 bridgehead atoms. The van der Waals surface area contributed by atoms with Gasteiger partial charge >= 0.3 is 0 Å². The minimum atomic E-state index is -0.396. The maximum absolute atomic E-state index is 11.1. The fourth-order valence-corrected chi connectivity index (χ4v) is 2.62. The van der Waals surface area contributed by atoms with E-state index in [9.17, 15) is 10.1 Å². The van der Waals surface area contributed by atoms with Gasteiger partial charge < -0.3 is 5.32 Å². The minimum Gasteiger partial charge on any atom is -0.379 e. The fourth-order valence-electron chi connectivity index (χ4n) is 2.45. The number of nitrogens with zero attached hydrogens (tertiary/aromatic N) is 2. The second-order valence-electron chi connectivity index (χ2n) is 5.04. The Bertz CT molecular complexity index is 731. The van der Waals surface area contributed by atoms with Crippen LogP contribution in [-0.2, 0) is 0 Å². The molecule has 0 amide bonds. The molecule has 0 saturated heterocycles. The van der Waals surface area contributed by atoms with Crippen molar-refractivity contribution in [2.75, 3.05) is 17.7 Å². The van der Waals surface area contributed by atoms with E-state index in [4.69, 9.17) is 11.6 Å². The van der Waals surface area contributed by atoms with E-state index in [1.807, 2.05) is 30.3 Å². The molecule has 2 aromatic carbocycles. The first-order chi connectivity index (χ1) is 10.7. The summed E-state index contributed by atoms with van der Waals surface area (Å²) in [7, 11) is 0. The largest absolute Gasteiger partial charge is 0.379 e. The molecular formula is C16H14ClN3O2. The van der Waals surface area contributed by atoms with Gasteiger partial charge in [0.05, 0.1) is 23.2 Å². The van der Waals surface area contributed by atoms with Gasteiger partial charge in [-0.15, -0.1) is 11.6 Å². The summed E-state index contributed by atoms with van der Waals surface area (Å²) in [5.74, 6) is 0.419. The van der Waals surface area contributed by atoms with Crippen molar-refractivity contribution >= 4 is 28.7 Å². The summed E-state index contributed by atoms with van der Waals surface area (Å²) >= 11 is 5.95. The van der Waals surface area contributed by atoms with Gasteiger partial charge in [-0.1, -0.05) is 30.3 Å². The van der Waals surface area contributed by atoms with Crippen molar-refractivity contribution in [2.45, 2.75) is 6.04 Å². The molecule has 6 heteroatoms. The highest BCUT2D eigenvalue weighted by molar-refractivity contribution is 6.19. The van der Waals surface area contributed by atoms with E-state index in [0.717, 1.165) is 22.5 Å². The van der Waals surface area contributed by atoms with Crippen molar-refractivity contribution in [1.82, 2.24) is 0 Å². The molecule has 0 saturated carbocycles. The molecule has 1 aliphatic rings. The van der Waals surface area contributed by atoms with Crippen LogP contribution < -0.4 is 5.32 Å². The molecule has 0 aliphatic carbocycles. The van der Waals surface area contributed by atoms with Gasteiger partial charge in [0, 0.05) is 34.8 Å². The lowest BCUT2D eigenvalue weighted by Gasteiger charge is -2.14. The molecule has 1 aliphatic heterocycles. The number of nitrogens with one attached hydrogen (secondary N) is 1. The normalized spacial score (nSPS) is 17.0. The van der Waals surface area contributed by atoms with Gasteiger partial charge in [0.15, 0.2) is 0 Å². The summed E-state index contributed by atoms with van der Waals surface area (Å²) in [6.45, 7) is 0.524. The van der Waals surface area contributed by atoms with E-state index < -0.39 is 4.92 Å². The first kappa shape index (κ1) is 14.5. The Balaban J connectivity index is 2.16. The van der Waals surface area contributed by atoms with Gasteiger partial charge in [0.25, 0.3) is 5.69 Å². The number of hydrogen-bond acceptors (Lipinski definition) is 4. The summed E-state index contributed by atoms with van der Waals surface area (Å²) in [5.41, 5.74) is 3.28. The highest BCUT2D eigenvalue weighted by atomic mass is 35.5. The molecule has 5 nitrogen and oxygen atoms in total. The molecule has 0 spiro atoms. The lowest BCUT2D eigenvalue weighted by atomic mass is 10.00. The number of halogens is 1. The van der Waals surface area contributed by atoms with Crippen molar-refractivity contribution in [3.63, 3.8) is 0 Å². The van der Waals surface area contributed by atoms with Crippen LogP contribution in [0.25, 0.3) is 0 Å². The Morgan fingerprint density at radius 3 is 2.73 bits per heavy atom. The quantitative estimate of drug-likeness (QED) is 0.536. The first-order valence-corrected chi connectivity index (χ1v) is 7.43. The number of fused-ring (bicyclic) bond motifs is 1. The Morgan fingerprint density at radius 1 is 1.27 bits per heavy atom. The molecule has 1 atom stereocenters. The van der Waals surface area contributed by atoms with Gasteiger partial charge in [0.2, 0.25) is 0 Å². The standard InChI is InChI=1S/C16H14ClN3O2/c17-9-12-10-18-16(11-4-2-1-3-5-11)14-8-13(20(21)22)6-7-15(14)19-12/h1-8,12,19H,9-10H2. The zero-order valence-corrected chi connectivity index (χ0v) is 12.5. The predicted octanol–water partition coefficient (Wildman–Crippen LogP) is 3.47. The maximum Gasteiger partial charge on any atom is 0.270 e. The third-order valence-corrected chi connectivity index (χ3v) is 3.90. The molecule has 0 radical (unpaired) electrons. The first-order valence-electron chi connectivity index (χ1n) is 6.90. The van der Waals surface area contributed by atoms with Crippen LogP contribution >= 0.6 is 11.6 Å². The zero-order chi connectivity index (χ0) is 15.5. The van der Waals surface area contributed by atoms with Crippen LogP contribution in [-0.4, -0.2) is 29.1 Å². The lowest BCUT2D eigenvalue weighted by Crippen LogP contribution is -2.23. The molecule has 1 heterocycles. The van der Waals surface area contributed by atoms with Crippen LogP contribution in [0, 0.1) is 10.1 Å². The average Bonchev–Trinajstić information content (AvgIpc) is 2.74. The van der Waals surface area contributed by atoms with Crippen molar-refractivity contribution in [1.29, 1.82) is 0 Å². The van der Waals surface area contributed by atoms with E-state index in [0.29, 0.717) is 12.4 Å². The van der Waals surface area contributed by atoms with Crippen LogP contribution in [0.2, 0.25) is 0 Å². The molecule has 0 aromatic heterocycles. The Labute approximate surface area is 132 Å². The number of aliphatic imine (C=N–C) groups is 1. The minimum absolute atomic E-state index is 0.00286. The maximum atomic E-state index is 11.1. The van der Waals surface area contributed by atoms with Crippen molar-refractivity contribution < 1.29 is 4.92 Å². The Hall–Kier alpha value is -2.40. The van der Waals surface area contributed by atoms with E-state index >= 15 is 0 Å². The van der Waals surface area contributed by atoms with E-state index in [1.165, 1.54) is 6.07 Å². The Kier molecular flexibility index (Phi) is 4.06. The number of nitro benzene ring substituents is 1. The molecule has 1 unspecified atom stereocenters. The molecule has 3 rings (SSSR count). The SMILES string of the molecule is O=[N+]([O-])c1ccc2c(c1)C(c1ccccc1)=NCC(CCl)N2. The number of non-ortho nitro benzene ring substituents is 1. The second kappa shape index (κ2) is 6.15. The van der Waals surface area contributed by atoms with Crippen LogP contribution in [0.1, 0.15) is 11.1 Å². The van der Waals surface area contributed by atoms with E-state index in [2.05, 4.69) is 10.3 Å². The predicted molar refractivity (Wildman–Crippen MR) is 88.2 cm³/mol. The molecule has 112 valence electrons. The monoisotopic (exact) mass is 315 g/mol. The third kappa shape index (κ3) is 2.80. The van der Waals surface area contributed by atoms with Gasteiger partial charge in [-0.3, -0.25) is 15.1 Å². The Morgan fingerprint density at radius 2 is 2.05 bits per heavy atom. The summed E-state index contributed by atoms with van der Waals surface area (Å²) in [6.07, 6.45) is 0. The zero-order valence-electron chi connectivity index (χ0n) is 11.7. The number of benzene rings is 2. The number of nitro groups is 1. The molecular weight excluding hydrogens is 302 g/mol. The van der Waals surface area contributed by atoms with Crippen molar-refractivity contribution in [3.05, 3.63) is 69.8 Å². The number of benzodiazepines with no additional fused rings is 1. The molecule has 0 fully saturated rings. The molecule has 22 heavy (non-hydrogen) atoms.